The number of aromatic nitrogens is 2. The molecule has 2 heterocycles. The Kier molecular flexibility index (Phi) is 8.10. The molecule has 0 aliphatic carbocycles. The maximum Gasteiger partial charge on any atom is 0.227 e. The lowest BCUT2D eigenvalue weighted by atomic mass is 10.1. The van der Waals surface area contributed by atoms with E-state index in [4.69, 9.17) is 21.3 Å². The Morgan fingerprint density at radius 2 is 1.76 bits per heavy atom. The van der Waals surface area contributed by atoms with Crippen LogP contribution >= 0.6 is 11.6 Å². The van der Waals surface area contributed by atoms with Crippen LogP contribution in [0.2, 0.25) is 5.02 Å². The average Bonchev–Trinajstić information content (AvgIpc) is 3.49. The summed E-state index contributed by atoms with van der Waals surface area (Å²) < 4.78 is 8.18. The maximum atomic E-state index is 13.1. The van der Waals surface area contributed by atoms with Gasteiger partial charge < -0.3 is 14.2 Å². The first-order valence-electron chi connectivity index (χ1n) is 13.3. The molecule has 1 aliphatic rings. The molecule has 1 fully saturated rings. The standard InChI is InChI=1S/C31H34ClN3O2/c1-2-3-8-23-11-15-26(16-12-23)35-22-24(21-30(35)36)31-33-28-9-4-5-10-29(28)34(31)19-6-7-20-37-27-17-13-25(32)14-18-27/h4-5,9-18,24H,2-3,6-8,19-22H2,1H3. The Labute approximate surface area is 224 Å². The number of hydrogen-bond donors (Lipinski definition) is 0. The van der Waals surface area contributed by atoms with Crippen molar-refractivity contribution >= 4 is 34.2 Å². The van der Waals surface area contributed by atoms with Gasteiger partial charge in [-0.1, -0.05) is 49.2 Å². The number of carbonyl (C=O) groups excluding carboxylic acids is 1. The summed E-state index contributed by atoms with van der Waals surface area (Å²) in [5.41, 5.74) is 4.42. The molecule has 1 atom stereocenters. The summed E-state index contributed by atoms with van der Waals surface area (Å²) in [6.07, 6.45) is 5.83. The van der Waals surface area contributed by atoms with E-state index in [9.17, 15) is 4.79 Å². The molecular weight excluding hydrogens is 482 g/mol. The van der Waals surface area contributed by atoms with Gasteiger partial charge in [0, 0.05) is 36.1 Å². The van der Waals surface area contributed by atoms with Gasteiger partial charge in [-0.05, 0) is 79.8 Å². The monoisotopic (exact) mass is 515 g/mol. The van der Waals surface area contributed by atoms with Gasteiger partial charge in [0.15, 0.2) is 0 Å². The van der Waals surface area contributed by atoms with Gasteiger partial charge in [-0.3, -0.25) is 4.79 Å². The average molecular weight is 516 g/mol. The van der Waals surface area contributed by atoms with E-state index in [0.717, 1.165) is 54.1 Å². The van der Waals surface area contributed by atoms with Gasteiger partial charge in [-0.2, -0.15) is 0 Å². The number of halogens is 1. The van der Waals surface area contributed by atoms with E-state index >= 15 is 0 Å². The third-order valence-electron chi connectivity index (χ3n) is 7.10. The molecule has 5 rings (SSSR count). The Hall–Kier alpha value is -3.31. The summed E-state index contributed by atoms with van der Waals surface area (Å²) in [6, 6.07) is 24.2. The van der Waals surface area contributed by atoms with Crippen LogP contribution in [0.5, 0.6) is 5.75 Å². The summed E-state index contributed by atoms with van der Waals surface area (Å²) in [5.74, 6) is 2.09. The molecule has 0 bridgehead atoms. The van der Waals surface area contributed by atoms with Crippen LogP contribution in [-0.2, 0) is 17.8 Å². The van der Waals surface area contributed by atoms with Crippen molar-refractivity contribution < 1.29 is 9.53 Å². The molecule has 1 aromatic heterocycles. The molecule has 37 heavy (non-hydrogen) atoms. The number of aryl methyl sites for hydroxylation is 2. The largest absolute Gasteiger partial charge is 0.494 e. The van der Waals surface area contributed by atoms with Crippen LogP contribution in [0.1, 0.15) is 56.3 Å². The third-order valence-corrected chi connectivity index (χ3v) is 7.35. The number of nitrogens with zero attached hydrogens (tertiary/aromatic N) is 3. The highest BCUT2D eigenvalue weighted by molar-refractivity contribution is 6.30. The molecule has 1 unspecified atom stereocenters. The van der Waals surface area contributed by atoms with Gasteiger partial charge in [0.05, 0.1) is 17.6 Å². The first-order chi connectivity index (χ1) is 18.1. The van der Waals surface area contributed by atoms with Crippen molar-refractivity contribution in [3.63, 3.8) is 0 Å². The first-order valence-corrected chi connectivity index (χ1v) is 13.7. The Bertz CT molecular complexity index is 1330. The number of benzene rings is 3. The number of anilines is 1. The number of imidazole rings is 1. The number of fused-ring (bicyclic) bond motifs is 1. The molecule has 6 heteroatoms. The van der Waals surface area contributed by atoms with Crippen LogP contribution in [-0.4, -0.2) is 28.6 Å². The number of unbranched alkanes of at least 4 members (excludes halogenated alkanes) is 2. The van der Waals surface area contributed by atoms with Crippen molar-refractivity contribution in [2.75, 3.05) is 18.1 Å². The van der Waals surface area contributed by atoms with Gasteiger partial charge in [0.1, 0.15) is 11.6 Å². The molecule has 192 valence electrons. The third kappa shape index (κ3) is 5.99. The smallest absolute Gasteiger partial charge is 0.227 e. The molecule has 0 radical (unpaired) electrons. The van der Waals surface area contributed by atoms with E-state index in [1.54, 1.807) is 0 Å². The highest BCUT2D eigenvalue weighted by Crippen LogP contribution is 2.33. The Morgan fingerprint density at radius 1 is 0.973 bits per heavy atom. The second-order valence-electron chi connectivity index (χ2n) is 9.80. The van der Waals surface area contributed by atoms with Crippen molar-refractivity contribution in [1.82, 2.24) is 9.55 Å². The Morgan fingerprint density at radius 3 is 2.54 bits per heavy atom. The molecule has 3 aromatic carbocycles. The zero-order chi connectivity index (χ0) is 25.6. The fourth-order valence-electron chi connectivity index (χ4n) is 5.09. The van der Waals surface area contributed by atoms with Crippen molar-refractivity contribution in [3.8, 4) is 5.75 Å². The minimum Gasteiger partial charge on any atom is -0.494 e. The van der Waals surface area contributed by atoms with E-state index in [0.29, 0.717) is 24.6 Å². The highest BCUT2D eigenvalue weighted by Gasteiger charge is 2.34. The van der Waals surface area contributed by atoms with E-state index in [2.05, 4.69) is 54.0 Å². The molecule has 1 saturated heterocycles. The van der Waals surface area contributed by atoms with Crippen LogP contribution in [0.15, 0.2) is 72.8 Å². The summed E-state index contributed by atoms with van der Waals surface area (Å²) in [7, 11) is 0. The first kappa shape index (κ1) is 25.3. The number of carbonyl (C=O) groups is 1. The fourth-order valence-corrected chi connectivity index (χ4v) is 5.21. The minimum absolute atomic E-state index is 0.0741. The molecular formula is C31H34ClN3O2. The number of amides is 1. The van der Waals surface area contributed by atoms with E-state index < -0.39 is 0 Å². The quantitative estimate of drug-likeness (QED) is 0.195. The van der Waals surface area contributed by atoms with Gasteiger partial charge in [-0.15, -0.1) is 0 Å². The molecule has 1 aliphatic heterocycles. The fraction of sp³-hybridized carbons (Fsp3) is 0.355. The summed E-state index contributed by atoms with van der Waals surface area (Å²) in [4.78, 5) is 20.0. The van der Waals surface area contributed by atoms with Gasteiger partial charge in [0.2, 0.25) is 5.91 Å². The lowest BCUT2D eigenvalue weighted by Crippen LogP contribution is -2.24. The molecule has 4 aromatic rings. The predicted octanol–water partition coefficient (Wildman–Crippen LogP) is 7.41. The number of hydrogen-bond acceptors (Lipinski definition) is 3. The van der Waals surface area contributed by atoms with Crippen molar-refractivity contribution in [2.24, 2.45) is 0 Å². The molecule has 0 saturated carbocycles. The SMILES string of the molecule is CCCCc1ccc(N2CC(c3nc4ccccc4n3CCCCOc3ccc(Cl)cc3)CC2=O)cc1. The zero-order valence-corrected chi connectivity index (χ0v) is 22.2. The topological polar surface area (TPSA) is 47.4 Å². The van der Waals surface area contributed by atoms with Crippen LogP contribution in [0, 0.1) is 0 Å². The summed E-state index contributed by atoms with van der Waals surface area (Å²) >= 11 is 5.96. The van der Waals surface area contributed by atoms with Gasteiger partial charge in [0.25, 0.3) is 0 Å². The van der Waals surface area contributed by atoms with Crippen molar-refractivity contribution in [3.05, 3.63) is 89.2 Å². The van der Waals surface area contributed by atoms with Crippen LogP contribution in [0.25, 0.3) is 11.0 Å². The van der Waals surface area contributed by atoms with Crippen LogP contribution < -0.4 is 9.64 Å². The van der Waals surface area contributed by atoms with Gasteiger partial charge >= 0.3 is 0 Å². The number of ether oxygens (including phenoxy) is 1. The second kappa shape index (κ2) is 11.8. The molecule has 0 spiro atoms. The van der Waals surface area contributed by atoms with E-state index in [-0.39, 0.29) is 11.8 Å². The zero-order valence-electron chi connectivity index (χ0n) is 21.4. The normalized spacial score (nSPS) is 15.6. The van der Waals surface area contributed by atoms with E-state index in [1.165, 1.54) is 18.4 Å². The maximum absolute atomic E-state index is 13.1. The van der Waals surface area contributed by atoms with Crippen LogP contribution in [0.3, 0.4) is 0 Å². The number of rotatable bonds is 11. The van der Waals surface area contributed by atoms with Crippen molar-refractivity contribution in [1.29, 1.82) is 0 Å². The second-order valence-corrected chi connectivity index (χ2v) is 10.2. The van der Waals surface area contributed by atoms with Crippen molar-refractivity contribution in [2.45, 2.75) is 57.9 Å². The molecule has 1 amide bonds. The summed E-state index contributed by atoms with van der Waals surface area (Å²) in [6.45, 7) is 4.36. The predicted molar refractivity (Wildman–Crippen MR) is 151 cm³/mol. The Balaban J connectivity index is 1.26. The number of para-hydroxylation sites is 2. The van der Waals surface area contributed by atoms with E-state index in [1.807, 2.05) is 35.2 Å². The lowest BCUT2D eigenvalue weighted by Gasteiger charge is -2.18. The minimum atomic E-state index is 0.0741. The van der Waals surface area contributed by atoms with Gasteiger partial charge in [-0.25, -0.2) is 4.98 Å². The highest BCUT2D eigenvalue weighted by atomic mass is 35.5. The summed E-state index contributed by atoms with van der Waals surface area (Å²) in [5, 5.41) is 0.708. The lowest BCUT2D eigenvalue weighted by molar-refractivity contribution is -0.117. The van der Waals surface area contributed by atoms with Crippen LogP contribution in [0.4, 0.5) is 5.69 Å². The molecule has 0 N–H and O–H groups in total. The molecule has 5 nitrogen and oxygen atoms in total.